The Morgan fingerprint density at radius 2 is 1.83 bits per heavy atom. The Kier molecular flexibility index (Phi) is 6.11. The molecule has 0 aromatic carbocycles. The van der Waals surface area contributed by atoms with Crippen molar-refractivity contribution in [2.24, 2.45) is 5.92 Å². The third-order valence-corrected chi connectivity index (χ3v) is 4.59. The number of hydrogen-bond acceptors (Lipinski definition) is 4. The molecule has 0 heterocycles. The number of hydrogen-bond donors (Lipinski definition) is 0. The van der Waals surface area contributed by atoms with Gasteiger partial charge in [0.1, 0.15) is 0 Å². The van der Waals surface area contributed by atoms with Crippen LogP contribution in [0.4, 0.5) is 0 Å². The van der Waals surface area contributed by atoms with Crippen LogP contribution >= 0.6 is 22.6 Å². The number of rotatable bonds is 5. The van der Waals surface area contributed by atoms with Gasteiger partial charge in [-0.15, -0.1) is 0 Å². The second-order valence-corrected chi connectivity index (χ2v) is 5.82. The molecule has 1 unspecified atom stereocenters. The first kappa shape index (κ1) is 15.5. The Balaban J connectivity index is 2.98. The van der Waals surface area contributed by atoms with Crippen LogP contribution in [0.15, 0.2) is 12.2 Å². The molecule has 18 heavy (non-hydrogen) atoms. The van der Waals surface area contributed by atoms with Gasteiger partial charge in [-0.3, -0.25) is 0 Å². The molecule has 0 N–H and O–H groups in total. The number of halogens is 1. The SMILES string of the molecule is CCOC(=O)C(I)(C(=O)OCC)C1C=CCCC1. The minimum absolute atomic E-state index is 0.148. The van der Waals surface area contributed by atoms with E-state index >= 15 is 0 Å². The molecular weight excluding hydrogens is 347 g/mol. The van der Waals surface area contributed by atoms with E-state index in [1.807, 2.05) is 34.7 Å². The summed E-state index contributed by atoms with van der Waals surface area (Å²) >= 11 is 1.89. The predicted octanol–water partition coefficient (Wildman–Crippen LogP) is 2.64. The van der Waals surface area contributed by atoms with Crippen molar-refractivity contribution < 1.29 is 19.1 Å². The maximum Gasteiger partial charge on any atom is 0.334 e. The molecule has 1 atom stereocenters. The molecule has 4 nitrogen and oxygen atoms in total. The van der Waals surface area contributed by atoms with Crippen molar-refractivity contribution in [3.63, 3.8) is 0 Å². The van der Waals surface area contributed by atoms with Gasteiger partial charge in [0.25, 0.3) is 0 Å². The van der Waals surface area contributed by atoms with Gasteiger partial charge in [-0.05, 0) is 33.1 Å². The van der Waals surface area contributed by atoms with E-state index in [-0.39, 0.29) is 19.1 Å². The van der Waals surface area contributed by atoms with E-state index in [0.717, 1.165) is 19.3 Å². The summed E-state index contributed by atoms with van der Waals surface area (Å²) in [4.78, 5) is 24.2. The van der Waals surface area contributed by atoms with Crippen LogP contribution in [0.3, 0.4) is 0 Å². The minimum Gasteiger partial charge on any atom is -0.465 e. The number of esters is 2. The first-order valence-corrected chi connectivity index (χ1v) is 7.35. The normalized spacial score (nSPS) is 19.4. The maximum atomic E-state index is 12.1. The van der Waals surface area contributed by atoms with E-state index in [1.54, 1.807) is 13.8 Å². The molecule has 0 amide bonds. The standard InChI is InChI=1S/C13H19IO4/c1-3-17-11(15)13(14,12(16)18-4-2)10-8-6-5-7-9-10/h6,8,10H,3-5,7,9H2,1-2H3. The molecule has 0 aromatic rings. The topological polar surface area (TPSA) is 52.6 Å². The van der Waals surface area contributed by atoms with Crippen molar-refractivity contribution in [1.82, 2.24) is 0 Å². The highest BCUT2D eigenvalue weighted by Gasteiger charge is 2.52. The fourth-order valence-electron chi connectivity index (χ4n) is 2.00. The van der Waals surface area contributed by atoms with E-state index in [4.69, 9.17) is 9.47 Å². The van der Waals surface area contributed by atoms with Crippen LogP contribution in [-0.4, -0.2) is 28.6 Å². The van der Waals surface area contributed by atoms with E-state index in [2.05, 4.69) is 0 Å². The molecule has 0 spiro atoms. The van der Waals surface area contributed by atoms with E-state index in [9.17, 15) is 9.59 Å². The van der Waals surface area contributed by atoms with Crippen LogP contribution in [0.1, 0.15) is 33.1 Å². The lowest BCUT2D eigenvalue weighted by molar-refractivity contribution is -0.159. The van der Waals surface area contributed by atoms with Crippen molar-refractivity contribution in [3.8, 4) is 0 Å². The average Bonchev–Trinajstić information content (AvgIpc) is 2.39. The summed E-state index contributed by atoms with van der Waals surface area (Å²) in [5.74, 6) is -1.15. The summed E-state index contributed by atoms with van der Waals surface area (Å²) in [7, 11) is 0. The van der Waals surface area contributed by atoms with Crippen molar-refractivity contribution in [3.05, 3.63) is 12.2 Å². The fraction of sp³-hybridized carbons (Fsp3) is 0.692. The summed E-state index contributed by atoms with van der Waals surface area (Å²) < 4.78 is 8.84. The Bertz CT molecular complexity index is 320. The molecule has 1 aliphatic carbocycles. The van der Waals surface area contributed by atoms with Gasteiger partial charge >= 0.3 is 11.9 Å². The number of alkyl halides is 1. The summed E-state index contributed by atoms with van der Waals surface area (Å²) in [5.41, 5.74) is 0. The van der Waals surface area contributed by atoms with Gasteiger partial charge in [0.15, 0.2) is 0 Å². The first-order chi connectivity index (χ1) is 8.57. The Hall–Kier alpha value is -0.590. The molecule has 0 aromatic heterocycles. The third kappa shape index (κ3) is 3.24. The second-order valence-electron chi connectivity index (χ2n) is 4.12. The van der Waals surface area contributed by atoms with Crippen LogP contribution in [0.25, 0.3) is 0 Å². The first-order valence-electron chi connectivity index (χ1n) is 6.27. The fourth-order valence-corrected chi connectivity index (χ4v) is 2.83. The third-order valence-electron chi connectivity index (χ3n) is 2.91. The number of carbonyl (C=O) groups excluding carboxylic acids is 2. The summed E-state index contributed by atoms with van der Waals surface area (Å²) in [6, 6.07) is 0. The van der Waals surface area contributed by atoms with Crippen molar-refractivity contribution >= 4 is 34.5 Å². The van der Waals surface area contributed by atoms with Gasteiger partial charge in [0.05, 0.1) is 13.2 Å². The van der Waals surface area contributed by atoms with Gasteiger partial charge in [-0.2, -0.15) is 0 Å². The van der Waals surface area contributed by atoms with Crippen LogP contribution in [0, 0.1) is 5.92 Å². The van der Waals surface area contributed by atoms with E-state index in [0.29, 0.717) is 0 Å². The van der Waals surface area contributed by atoms with E-state index in [1.165, 1.54) is 0 Å². The largest absolute Gasteiger partial charge is 0.465 e. The van der Waals surface area contributed by atoms with Gasteiger partial charge < -0.3 is 9.47 Å². The number of carbonyl (C=O) groups is 2. The van der Waals surface area contributed by atoms with Crippen molar-refractivity contribution in [1.29, 1.82) is 0 Å². The van der Waals surface area contributed by atoms with Crippen molar-refractivity contribution in [2.45, 2.75) is 36.5 Å². The molecule has 0 saturated carbocycles. The summed E-state index contributed by atoms with van der Waals surface area (Å²) in [6.07, 6.45) is 6.72. The van der Waals surface area contributed by atoms with Crippen LogP contribution in [0.5, 0.6) is 0 Å². The smallest absolute Gasteiger partial charge is 0.334 e. The molecule has 1 rings (SSSR count). The number of allylic oxidation sites excluding steroid dienone is 2. The molecule has 0 radical (unpaired) electrons. The monoisotopic (exact) mass is 366 g/mol. The quantitative estimate of drug-likeness (QED) is 0.247. The van der Waals surface area contributed by atoms with Gasteiger partial charge in [-0.1, -0.05) is 34.7 Å². The second kappa shape index (κ2) is 7.11. The summed E-state index contributed by atoms with van der Waals surface area (Å²) in [6.45, 7) is 3.99. The average molecular weight is 366 g/mol. The van der Waals surface area contributed by atoms with Gasteiger partial charge in [0, 0.05) is 5.92 Å². The van der Waals surface area contributed by atoms with Gasteiger partial charge in [0.2, 0.25) is 3.42 Å². The van der Waals surface area contributed by atoms with Crippen LogP contribution < -0.4 is 0 Å². The predicted molar refractivity (Wildman–Crippen MR) is 76.5 cm³/mol. The highest BCUT2D eigenvalue weighted by Crippen LogP contribution is 2.38. The minimum atomic E-state index is -1.25. The lowest BCUT2D eigenvalue weighted by Gasteiger charge is -2.31. The molecule has 5 heteroatoms. The zero-order valence-corrected chi connectivity index (χ0v) is 12.9. The molecule has 0 bridgehead atoms. The van der Waals surface area contributed by atoms with Crippen molar-refractivity contribution in [2.75, 3.05) is 13.2 Å². The molecule has 102 valence electrons. The lowest BCUT2D eigenvalue weighted by atomic mass is 9.84. The van der Waals surface area contributed by atoms with Gasteiger partial charge in [-0.25, -0.2) is 9.59 Å². The molecule has 0 fully saturated rings. The molecule has 1 aliphatic rings. The van der Waals surface area contributed by atoms with E-state index < -0.39 is 15.4 Å². The molecule has 0 aliphatic heterocycles. The Morgan fingerprint density at radius 3 is 2.22 bits per heavy atom. The Labute approximate surface area is 121 Å². The zero-order valence-electron chi connectivity index (χ0n) is 10.8. The highest BCUT2D eigenvalue weighted by molar-refractivity contribution is 14.1. The molecule has 0 saturated heterocycles. The highest BCUT2D eigenvalue weighted by atomic mass is 127. The van der Waals surface area contributed by atoms with Crippen LogP contribution in [0.2, 0.25) is 0 Å². The Morgan fingerprint density at radius 1 is 1.28 bits per heavy atom. The maximum absolute atomic E-state index is 12.1. The zero-order chi connectivity index (χ0) is 13.6. The number of ether oxygens (including phenoxy) is 2. The summed E-state index contributed by atoms with van der Waals surface area (Å²) in [5, 5.41) is 0. The van der Waals surface area contributed by atoms with Crippen LogP contribution in [-0.2, 0) is 19.1 Å². The molecular formula is C13H19IO4. The lowest BCUT2D eigenvalue weighted by Crippen LogP contribution is -2.49.